The number of methoxy groups -OCH3 is 1. The van der Waals surface area contributed by atoms with Gasteiger partial charge in [-0.05, 0) is 30.5 Å². The van der Waals surface area contributed by atoms with Gasteiger partial charge in [-0.2, -0.15) is 0 Å². The Kier molecular flexibility index (Phi) is 5.01. The lowest BCUT2D eigenvalue weighted by Crippen LogP contribution is -2.36. The largest absolute Gasteiger partial charge is 0.494 e. The number of fused-ring (bicyclic) bond motifs is 1. The first-order chi connectivity index (χ1) is 12.0. The van der Waals surface area contributed by atoms with Crippen LogP contribution in [0.15, 0.2) is 18.2 Å². The van der Waals surface area contributed by atoms with Crippen molar-refractivity contribution in [2.24, 2.45) is 11.8 Å². The standard InChI is InChI=1S/C18H20FNO5/c1-24-15-7-6-11(8-14(15)19)10-25-16(21)9-20-17(22)12-4-2-3-5-13(12)18(20)23/h6-8,12-13H,2-5,9-10H2,1H3/t12-,13-/m1/s1. The molecule has 0 radical (unpaired) electrons. The fraction of sp³-hybridized carbons (Fsp3) is 0.500. The Labute approximate surface area is 144 Å². The van der Waals surface area contributed by atoms with E-state index in [1.54, 1.807) is 6.07 Å². The number of carbonyl (C=O) groups is 3. The first kappa shape index (κ1) is 17.4. The molecule has 0 spiro atoms. The third-order valence-electron chi connectivity index (χ3n) is 4.84. The molecule has 0 N–H and O–H groups in total. The van der Waals surface area contributed by atoms with Gasteiger partial charge in [0.05, 0.1) is 18.9 Å². The fourth-order valence-electron chi connectivity index (χ4n) is 3.53. The highest BCUT2D eigenvalue weighted by atomic mass is 19.1. The summed E-state index contributed by atoms with van der Waals surface area (Å²) in [4.78, 5) is 37.6. The van der Waals surface area contributed by atoms with Crippen LogP contribution in [0.25, 0.3) is 0 Å². The topological polar surface area (TPSA) is 72.9 Å². The van der Waals surface area contributed by atoms with Crippen LogP contribution in [0, 0.1) is 17.7 Å². The van der Waals surface area contributed by atoms with Crippen LogP contribution in [0.4, 0.5) is 4.39 Å². The highest BCUT2D eigenvalue weighted by Gasteiger charge is 2.48. The van der Waals surface area contributed by atoms with Gasteiger partial charge in [0.15, 0.2) is 11.6 Å². The zero-order valence-corrected chi connectivity index (χ0v) is 14.0. The van der Waals surface area contributed by atoms with Crippen LogP contribution < -0.4 is 4.74 Å². The molecule has 2 aliphatic rings. The number of nitrogens with zero attached hydrogens (tertiary/aromatic N) is 1. The van der Waals surface area contributed by atoms with Crippen LogP contribution in [0.3, 0.4) is 0 Å². The van der Waals surface area contributed by atoms with Gasteiger partial charge >= 0.3 is 5.97 Å². The van der Waals surface area contributed by atoms with E-state index < -0.39 is 11.8 Å². The van der Waals surface area contributed by atoms with E-state index >= 15 is 0 Å². The number of rotatable bonds is 5. The molecule has 1 saturated heterocycles. The number of imide groups is 1. The summed E-state index contributed by atoms with van der Waals surface area (Å²) in [6, 6.07) is 4.24. The summed E-state index contributed by atoms with van der Waals surface area (Å²) in [6.07, 6.45) is 3.26. The number of likely N-dealkylation sites (tertiary alicyclic amines) is 1. The molecular weight excluding hydrogens is 329 g/mol. The quantitative estimate of drug-likeness (QED) is 0.601. The Morgan fingerprint density at radius 2 is 1.84 bits per heavy atom. The second-order valence-corrected chi connectivity index (χ2v) is 6.39. The Balaban J connectivity index is 1.56. The molecule has 6 nitrogen and oxygen atoms in total. The predicted octanol–water partition coefficient (Wildman–Crippen LogP) is 2.05. The van der Waals surface area contributed by atoms with E-state index in [9.17, 15) is 18.8 Å². The number of halogens is 1. The lowest BCUT2D eigenvalue weighted by molar-refractivity contribution is -0.153. The van der Waals surface area contributed by atoms with E-state index in [2.05, 4.69) is 0 Å². The van der Waals surface area contributed by atoms with Gasteiger partial charge in [-0.25, -0.2) is 4.39 Å². The van der Waals surface area contributed by atoms with Crippen molar-refractivity contribution in [2.45, 2.75) is 32.3 Å². The van der Waals surface area contributed by atoms with Crippen molar-refractivity contribution < 1.29 is 28.2 Å². The van der Waals surface area contributed by atoms with Crippen LogP contribution in [-0.2, 0) is 25.7 Å². The van der Waals surface area contributed by atoms with Crippen molar-refractivity contribution >= 4 is 17.8 Å². The maximum atomic E-state index is 13.6. The number of hydrogen-bond acceptors (Lipinski definition) is 5. The zero-order valence-electron chi connectivity index (χ0n) is 14.0. The smallest absolute Gasteiger partial charge is 0.326 e. The number of esters is 1. The van der Waals surface area contributed by atoms with Crippen molar-refractivity contribution in [2.75, 3.05) is 13.7 Å². The molecule has 0 aromatic heterocycles. The van der Waals surface area contributed by atoms with Crippen LogP contribution >= 0.6 is 0 Å². The molecule has 1 aromatic carbocycles. The molecule has 1 saturated carbocycles. The van der Waals surface area contributed by atoms with Gasteiger partial charge in [0, 0.05) is 0 Å². The van der Waals surface area contributed by atoms with Crippen molar-refractivity contribution in [3.8, 4) is 5.75 Å². The van der Waals surface area contributed by atoms with E-state index in [1.807, 2.05) is 0 Å². The SMILES string of the molecule is COc1ccc(COC(=O)CN2C(=O)[C@@H]3CCCC[C@H]3C2=O)cc1F. The maximum absolute atomic E-state index is 13.6. The molecule has 2 fully saturated rings. The van der Waals surface area contributed by atoms with Crippen molar-refractivity contribution in [3.05, 3.63) is 29.6 Å². The number of hydrogen-bond donors (Lipinski definition) is 0. The monoisotopic (exact) mass is 349 g/mol. The Hall–Kier alpha value is -2.44. The average molecular weight is 349 g/mol. The van der Waals surface area contributed by atoms with E-state index in [0.717, 1.165) is 17.7 Å². The van der Waals surface area contributed by atoms with Gasteiger partial charge in [-0.1, -0.05) is 18.9 Å². The molecule has 0 bridgehead atoms. The molecule has 3 rings (SSSR count). The van der Waals surface area contributed by atoms with Crippen LogP contribution in [0.2, 0.25) is 0 Å². The minimum absolute atomic E-state index is 0.103. The minimum atomic E-state index is -0.684. The van der Waals surface area contributed by atoms with Crippen molar-refractivity contribution in [1.29, 1.82) is 0 Å². The van der Waals surface area contributed by atoms with Crippen LogP contribution in [-0.4, -0.2) is 36.3 Å². The van der Waals surface area contributed by atoms with Gasteiger partial charge in [-0.3, -0.25) is 19.3 Å². The lowest BCUT2D eigenvalue weighted by Gasteiger charge is -2.19. The highest BCUT2D eigenvalue weighted by Crippen LogP contribution is 2.37. The summed E-state index contributed by atoms with van der Waals surface area (Å²) in [6.45, 7) is -0.522. The summed E-state index contributed by atoms with van der Waals surface area (Å²) < 4.78 is 23.5. The summed E-state index contributed by atoms with van der Waals surface area (Å²) >= 11 is 0. The summed E-state index contributed by atoms with van der Waals surface area (Å²) in [5.74, 6) is -2.26. The first-order valence-corrected chi connectivity index (χ1v) is 8.34. The van der Waals surface area contributed by atoms with Crippen LogP contribution in [0.5, 0.6) is 5.75 Å². The van der Waals surface area contributed by atoms with E-state index in [1.165, 1.54) is 19.2 Å². The Morgan fingerprint density at radius 1 is 1.20 bits per heavy atom. The number of carbonyl (C=O) groups excluding carboxylic acids is 3. The fourth-order valence-corrected chi connectivity index (χ4v) is 3.53. The average Bonchev–Trinajstić information content (AvgIpc) is 2.85. The molecule has 1 aliphatic carbocycles. The first-order valence-electron chi connectivity index (χ1n) is 8.34. The summed E-state index contributed by atoms with van der Waals surface area (Å²) in [7, 11) is 1.36. The summed E-state index contributed by atoms with van der Waals surface area (Å²) in [5.41, 5.74) is 0.458. The van der Waals surface area contributed by atoms with Crippen molar-refractivity contribution in [1.82, 2.24) is 4.90 Å². The molecule has 7 heteroatoms. The van der Waals surface area contributed by atoms with E-state index in [4.69, 9.17) is 9.47 Å². The van der Waals surface area contributed by atoms with Gasteiger partial charge in [0.2, 0.25) is 11.8 Å². The Morgan fingerprint density at radius 3 is 2.40 bits per heavy atom. The zero-order chi connectivity index (χ0) is 18.0. The molecular formula is C18H20FNO5. The number of ether oxygens (including phenoxy) is 2. The second-order valence-electron chi connectivity index (χ2n) is 6.39. The van der Waals surface area contributed by atoms with Gasteiger partial charge in [0.25, 0.3) is 0 Å². The molecule has 2 atom stereocenters. The molecule has 2 amide bonds. The molecule has 25 heavy (non-hydrogen) atoms. The second kappa shape index (κ2) is 7.21. The molecule has 1 aromatic rings. The van der Waals surface area contributed by atoms with E-state index in [-0.39, 0.29) is 42.6 Å². The Bertz CT molecular complexity index is 681. The molecule has 134 valence electrons. The molecule has 1 aliphatic heterocycles. The van der Waals surface area contributed by atoms with Gasteiger partial charge in [0.1, 0.15) is 13.2 Å². The predicted molar refractivity (Wildman–Crippen MR) is 84.9 cm³/mol. The normalized spacial score (nSPS) is 22.7. The molecule has 0 unspecified atom stereocenters. The number of benzene rings is 1. The van der Waals surface area contributed by atoms with Gasteiger partial charge < -0.3 is 9.47 Å². The highest BCUT2D eigenvalue weighted by molar-refractivity contribution is 6.07. The summed E-state index contributed by atoms with van der Waals surface area (Å²) in [5, 5.41) is 0. The minimum Gasteiger partial charge on any atom is -0.494 e. The third-order valence-corrected chi connectivity index (χ3v) is 4.84. The van der Waals surface area contributed by atoms with Gasteiger partial charge in [-0.15, -0.1) is 0 Å². The lowest BCUT2D eigenvalue weighted by atomic mass is 9.81. The maximum Gasteiger partial charge on any atom is 0.326 e. The van der Waals surface area contributed by atoms with Crippen molar-refractivity contribution in [3.63, 3.8) is 0 Å². The molecule has 1 heterocycles. The van der Waals surface area contributed by atoms with Crippen LogP contribution in [0.1, 0.15) is 31.2 Å². The third kappa shape index (κ3) is 3.50. The van der Waals surface area contributed by atoms with E-state index in [0.29, 0.717) is 18.4 Å². The number of amides is 2.